The van der Waals surface area contributed by atoms with Crippen molar-refractivity contribution in [2.75, 3.05) is 18.9 Å². The lowest BCUT2D eigenvalue weighted by molar-refractivity contribution is 0.0894. The Bertz CT molecular complexity index is 1420. The molecule has 190 valence electrons. The number of rotatable bonds is 6. The summed E-state index contributed by atoms with van der Waals surface area (Å²) in [4.78, 5) is 24.3. The van der Waals surface area contributed by atoms with Crippen LogP contribution < -0.4 is 10.6 Å². The number of fused-ring (bicyclic) bond motifs is 1. The van der Waals surface area contributed by atoms with Crippen LogP contribution in [0.15, 0.2) is 47.3 Å². The highest BCUT2D eigenvalue weighted by Gasteiger charge is 2.29. The maximum atomic E-state index is 13.0. The Hall–Kier alpha value is -4.12. The zero-order valence-corrected chi connectivity index (χ0v) is 20.9. The summed E-state index contributed by atoms with van der Waals surface area (Å²) in [5, 5.41) is 18.6. The van der Waals surface area contributed by atoms with E-state index in [1.165, 1.54) is 6.42 Å². The molecule has 3 aromatic heterocycles. The first-order valence-corrected chi connectivity index (χ1v) is 12.6. The summed E-state index contributed by atoms with van der Waals surface area (Å²) in [6.45, 7) is 1.62. The largest absolute Gasteiger partial charge is 0.417 e. The number of carbonyl (C=O) groups excluding carboxylic acids is 1. The Morgan fingerprint density at radius 3 is 2.81 bits per heavy atom. The van der Waals surface area contributed by atoms with Crippen LogP contribution in [0.1, 0.15) is 65.3 Å². The molecule has 37 heavy (non-hydrogen) atoms. The molecule has 4 heterocycles. The molecule has 0 spiro atoms. The Kier molecular flexibility index (Phi) is 6.13. The highest BCUT2D eigenvalue weighted by molar-refractivity contribution is 5.89. The van der Waals surface area contributed by atoms with E-state index in [1.54, 1.807) is 17.1 Å². The molecule has 4 aromatic rings. The predicted molar refractivity (Wildman–Crippen MR) is 136 cm³/mol. The molecule has 1 aliphatic heterocycles. The summed E-state index contributed by atoms with van der Waals surface area (Å²) < 4.78 is 7.41. The molecule has 1 unspecified atom stereocenters. The van der Waals surface area contributed by atoms with Crippen molar-refractivity contribution < 1.29 is 9.21 Å². The predicted octanol–water partition coefficient (Wildman–Crippen LogP) is 3.58. The van der Waals surface area contributed by atoms with E-state index in [0.29, 0.717) is 17.8 Å². The van der Waals surface area contributed by atoms with Gasteiger partial charge >= 0.3 is 11.8 Å². The van der Waals surface area contributed by atoms with Crippen LogP contribution in [0.25, 0.3) is 11.3 Å². The number of anilines is 2. The van der Waals surface area contributed by atoms with E-state index in [-0.39, 0.29) is 17.8 Å². The van der Waals surface area contributed by atoms with Crippen LogP contribution >= 0.6 is 0 Å². The van der Waals surface area contributed by atoms with Crippen LogP contribution in [0.3, 0.4) is 0 Å². The van der Waals surface area contributed by atoms with Crippen LogP contribution in [-0.4, -0.2) is 54.3 Å². The molecule has 6 rings (SSSR count). The third-order valence-electron chi connectivity index (χ3n) is 7.07. The maximum Gasteiger partial charge on any atom is 0.309 e. The molecule has 1 aliphatic carbocycles. The minimum Gasteiger partial charge on any atom is -0.417 e. The molecule has 11 nitrogen and oxygen atoms in total. The van der Waals surface area contributed by atoms with Gasteiger partial charge in [0.2, 0.25) is 11.8 Å². The van der Waals surface area contributed by atoms with Gasteiger partial charge < -0.3 is 20.0 Å². The topological polar surface area (TPSA) is 127 Å². The molecule has 0 radical (unpaired) electrons. The van der Waals surface area contributed by atoms with E-state index in [4.69, 9.17) is 9.40 Å². The van der Waals surface area contributed by atoms with Gasteiger partial charge in [-0.2, -0.15) is 5.10 Å². The third kappa shape index (κ3) is 4.94. The minimum atomic E-state index is -0.329. The quantitative estimate of drug-likeness (QED) is 0.409. The molecule has 0 saturated heterocycles. The molecule has 0 bridgehead atoms. The summed E-state index contributed by atoms with van der Waals surface area (Å²) in [7, 11) is 3.95. The number of nitrogens with one attached hydrogen (secondary N) is 2. The van der Waals surface area contributed by atoms with Crippen LogP contribution in [0, 0.1) is 0 Å². The number of carbonyl (C=O) groups is 1. The minimum absolute atomic E-state index is 0.0345. The molecule has 1 atom stereocenters. The first-order valence-electron chi connectivity index (χ1n) is 12.6. The average molecular weight is 500 g/mol. The number of benzene rings is 1. The Balaban J connectivity index is 1.23. The van der Waals surface area contributed by atoms with Gasteiger partial charge in [-0.1, -0.05) is 18.6 Å². The van der Waals surface area contributed by atoms with Gasteiger partial charge in [-0.25, -0.2) is 9.97 Å². The van der Waals surface area contributed by atoms with E-state index in [2.05, 4.69) is 55.0 Å². The molecular weight excluding hydrogens is 470 g/mol. The third-order valence-corrected chi connectivity index (χ3v) is 7.07. The number of amides is 1. The number of aromatic nitrogens is 6. The van der Waals surface area contributed by atoms with Crippen LogP contribution in [0.5, 0.6) is 0 Å². The fourth-order valence-electron chi connectivity index (χ4n) is 4.83. The van der Waals surface area contributed by atoms with Gasteiger partial charge in [-0.05, 0) is 49.6 Å². The lowest BCUT2D eigenvalue weighted by Crippen LogP contribution is -2.30. The molecule has 1 amide bonds. The van der Waals surface area contributed by atoms with Crippen molar-refractivity contribution in [3.8, 4) is 11.3 Å². The highest BCUT2D eigenvalue weighted by Crippen LogP contribution is 2.35. The van der Waals surface area contributed by atoms with Gasteiger partial charge in [0.05, 0.1) is 23.6 Å². The van der Waals surface area contributed by atoms with Gasteiger partial charge in [-0.15, -0.1) is 10.2 Å². The second-order valence-electron chi connectivity index (χ2n) is 9.83. The van der Waals surface area contributed by atoms with Crippen LogP contribution in [-0.2, 0) is 13.6 Å². The van der Waals surface area contributed by atoms with Crippen LogP contribution in [0.2, 0.25) is 0 Å². The number of hydrogen-bond donors (Lipinski definition) is 2. The summed E-state index contributed by atoms with van der Waals surface area (Å²) in [6.07, 6.45) is 9.37. The van der Waals surface area contributed by atoms with Gasteiger partial charge in [-0.3, -0.25) is 9.48 Å². The Labute approximate surface area is 214 Å². The van der Waals surface area contributed by atoms with Crippen molar-refractivity contribution in [2.45, 2.75) is 44.2 Å². The van der Waals surface area contributed by atoms with E-state index >= 15 is 0 Å². The first kappa shape index (κ1) is 23.3. The van der Waals surface area contributed by atoms with E-state index in [1.807, 2.05) is 25.4 Å². The molecular formula is C26H29N9O2. The van der Waals surface area contributed by atoms with Crippen molar-refractivity contribution in [3.05, 3.63) is 65.8 Å². The normalized spacial score (nSPS) is 18.1. The van der Waals surface area contributed by atoms with E-state index < -0.39 is 0 Å². The Morgan fingerprint density at radius 2 is 2.03 bits per heavy atom. The van der Waals surface area contributed by atoms with Crippen molar-refractivity contribution in [2.24, 2.45) is 7.05 Å². The van der Waals surface area contributed by atoms with E-state index in [0.717, 1.165) is 60.4 Å². The smallest absolute Gasteiger partial charge is 0.309 e. The number of hydrogen-bond acceptors (Lipinski definition) is 9. The fourth-order valence-corrected chi connectivity index (χ4v) is 4.83. The molecule has 2 aliphatic rings. The van der Waals surface area contributed by atoms with Gasteiger partial charge in [0, 0.05) is 44.0 Å². The molecule has 2 N–H and O–H groups in total. The zero-order chi connectivity index (χ0) is 25.4. The van der Waals surface area contributed by atoms with Gasteiger partial charge in [0.1, 0.15) is 0 Å². The van der Waals surface area contributed by atoms with E-state index in [9.17, 15) is 4.79 Å². The number of nitrogens with zero attached hydrogens (tertiary/aromatic N) is 7. The fraction of sp³-hybridized carbons (Fsp3) is 0.385. The monoisotopic (exact) mass is 499 g/mol. The lowest BCUT2D eigenvalue weighted by atomic mass is 9.85. The highest BCUT2D eigenvalue weighted by atomic mass is 16.4. The maximum absolute atomic E-state index is 13.0. The molecule has 1 aromatic carbocycles. The molecule has 11 heteroatoms. The van der Waals surface area contributed by atoms with Crippen molar-refractivity contribution >= 4 is 17.5 Å². The molecule has 1 fully saturated rings. The average Bonchev–Trinajstić information content (AvgIpc) is 3.46. The first-order chi connectivity index (χ1) is 18.0. The second-order valence-corrected chi connectivity index (χ2v) is 9.83. The summed E-state index contributed by atoms with van der Waals surface area (Å²) in [5.41, 5.74) is 4.85. The number of aryl methyl sites for hydroxylation is 1. The summed E-state index contributed by atoms with van der Waals surface area (Å²) >= 11 is 0. The lowest BCUT2D eigenvalue weighted by Gasteiger charge is -2.21. The molecule has 1 saturated carbocycles. The Morgan fingerprint density at radius 1 is 1.14 bits per heavy atom. The summed E-state index contributed by atoms with van der Waals surface area (Å²) in [6, 6.07) is 8.01. The SMILES string of the molecule is CN1CCC(NC(=O)c2nnc(C3CCC3)o2)c2ccc(-c3ccnc(Nc4cnn(C)c4)n3)cc2C1. The van der Waals surface area contributed by atoms with Crippen LogP contribution in [0.4, 0.5) is 11.6 Å². The van der Waals surface area contributed by atoms with Gasteiger partial charge in [0.15, 0.2) is 0 Å². The van der Waals surface area contributed by atoms with Gasteiger partial charge in [0.25, 0.3) is 0 Å². The van der Waals surface area contributed by atoms with Crippen molar-refractivity contribution in [1.82, 2.24) is 40.2 Å². The van der Waals surface area contributed by atoms with Crippen molar-refractivity contribution in [1.29, 1.82) is 0 Å². The zero-order valence-electron chi connectivity index (χ0n) is 20.9. The standard InChI is InChI=1S/C26H29N9O2/c1-34-11-9-22(30-23(36)25-33-32-24(37-25)16-4-3-5-16)20-7-6-17(12-18(20)14-34)21-8-10-27-26(31-21)29-19-13-28-35(2)15-19/h6-8,10,12-13,15-16,22H,3-5,9,11,14H2,1-2H3,(H,30,36)(H,27,29,31). The second kappa shape index (κ2) is 9.74. The van der Waals surface area contributed by atoms with Crippen molar-refractivity contribution in [3.63, 3.8) is 0 Å². The summed E-state index contributed by atoms with van der Waals surface area (Å²) in [5.74, 6) is 1.08.